The van der Waals surface area contributed by atoms with E-state index >= 15 is 0 Å². The van der Waals surface area contributed by atoms with E-state index in [0.29, 0.717) is 24.9 Å². The quantitative estimate of drug-likeness (QED) is 0.275. The zero-order valence-corrected chi connectivity index (χ0v) is 14.9. The second kappa shape index (κ2) is 9.65. The first-order chi connectivity index (χ1) is 11.6. The second-order valence-electron chi connectivity index (χ2n) is 6.96. The molecular formula is C20H31NO3. The van der Waals surface area contributed by atoms with Crippen molar-refractivity contribution in [2.24, 2.45) is 5.92 Å². The van der Waals surface area contributed by atoms with Crippen molar-refractivity contribution < 1.29 is 14.6 Å². The lowest BCUT2D eigenvalue weighted by molar-refractivity contribution is -0.129. The summed E-state index contributed by atoms with van der Waals surface area (Å²) in [4.78, 5) is 10.6. The molecule has 2 bridgehead atoms. The van der Waals surface area contributed by atoms with Gasteiger partial charge in [0.1, 0.15) is 11.8 Å². The smallest absolute Gasteiger partial charge is 0.349 e. The van der Waals surface area contributed by atoms with Crippen LogP contribution in [0, 0.1) is 11.3 Å². The lowest BCUT2D eigenvalue weighted by atomic mass is 9.92. The molecule has 2 aliphatic heterocycles. The Morgan fingerprint density at radius 2 is 1.96 bits per heavy atom. The number of carbonyl (C=O) groups is 1. The molecule has 1 aliphatic carbocycles. The van der Waals surface area contributed by atoms with Crippen LogP contribution in [0.1, 0.15) is 77.6 Å². The third kappa shape index (κ3) is 5.22. The Morgan fingerprint density at radius 1 is 1.25 bits per heavy atom. The van der Waals surface area contributed by atoms with Gasteiger partial charge in [-0.3, -0.25) is 5.41 Å². The van der Waals surface area contributed by atoms with Gasteiger partial charge in [0.25, 0.3) is 0 Å². The van der Waals surface area contributed by atoms with Gasteiger partial charge in [-0.05, 0) is 37.7 Å². The summed E-state index contributed by atoms with van der Waals surface area (Å²) >= 11 is 0. The molecule has 3 rings (SSSR count). The predicted octanol–water partition coefficient (Wildman–Crippen LogP) is 5.24. The van der Waals surface area contributed by atoms with Crippen LogP contribution in [0.25, 0.3) is 0 Å². The monoisotopic (exact) mass is 333 g/mol. The Bertz CT molecular complexity index is 499. The molecule has 1 unspecified atom stereocenters. The second-order valence-corrected chi connectivity index (χ2v) is 6.96. The van der Waals surface area contributed by atoms with E-state index in [4.69, 9.17) is 15.3 Å². The highest BCUT2D eigenvalue weighted by molar-refractivity contribution is 6.34. The highest BCUT2D eigenvalue weighted by Gasteiger charge is 2.44. The van der Waals surface area contributed by atoms with Gasteiger partial charge in [-0.1, -0.05) is 51.2 Å². The van der Waals surface area contributed by atoms with E-state index in [1.807, 2.05) is 6.08 Å². The molecule has 1 saturated heterocycles. The average Bonchev–Trinajstić information content (AvgIpc) is 3.02. The molecule has 0 amide bonds. The lowest BCUT2D eigenvalue weighted by Gasteiger charge is -2.25. The van der Waals surface area contributed by atoms with Gasteiger partial charge in [-0.25, -0.2) is 4.79 Å². The number of rotatable bonds is 13. The van der Waals surface area contributed by atoms with Crippen LogP contribution in [0.5, 0.6) is 0 Å². The highest BCUT2D eigenvalue weighted by atomic mass is 16.5. The summed E-state index contributed by atoms with van der Waals surface area (Å²) in [6.07, 6.45) is 16.7. The van der Waals surface area contributed by atoms with Crippen molar-refractivity contribution in [1.29, 1.82) is 5.41 Å². The van der Waals surface area contributed by atoms with Crippen molar-refractivity contribution in [3.8, 4) is 0 Å². The van der Waals surface area contributed by atoms with Gasteiger partial charge in [0.05, 0.1) is 5.76 Å². The lowest BCUT2D eigenvalue weighted by Crippen LogP contribution is -2.23. The Hall–Kier alpha value is -1.58. The molecule has 0 aromatic rings. The maximum Gasteiger partial charge on any atom is 0.349 e. The van der Waals surface area contributed by atoms with E-state index in [0.717, 1.165) is 12.8 Å². The summed E-state index contributed by atoms with van der Waals surface area (Å²) < 4.78 is 5.83. The molecule has 0 aromatic carbocycles. The molecule has 2 N–H and O–H groups in total. The number of carboxylic acid groups (broad SMARTS) is 1. The van der Waals surface area contributed by atoms with Crippen molar-refractivity contribution in [2.45, 2.75) is 83.7 Å². The van der Waals surface area contributed by atoms with Crippen LogP contribution >= 0.6 is 0 Å². The number of unbranched alkanes of at least 4 members (excludes halogenated alkanes) is 5. The van der Waals surface area contributed by atoms with Crippen LogP contribution in [0.4, 0.5) is 0 Å². The molecule has 0 aromatic heterocycles. The Balaban J connectivity index is 1.65. The predicted molar refractivity (Wildman–Crippen MR) is 96.4 cm³/mol. The van der Waals surface area contributed by atoms with Crippen molar-refractivity contribution in [3.63, 3.8) is 0 Å². The number of nitrogens with one attached hydrogen (secondary N) is 1. The molecule has 2 atom stereocenters. The summed E-state index contributed by atoms with van der Waals surface area (Å²) in [6, 6.07) is 0. The number of fused-ring (bicyclic) bond motifs is 1. The maximum absolute atomic E-state index is 10.6. The molecule has 2 heterocycles. The van der Waals surface area contributed by atoms with Crippen molar-refractivity contribution in [2.75, 3.05) is 0 Å². The third-order valence-electron chi connectivity index (χ3n) is 5.11. The molecule has 4 nitrogen and oxygen atoms in total. The Kier molecular flexibility index (Phi) is 7.54. The van der Waals surface area contributed by atoms with E-state index in [9.17, 15) is 4.79 Å². The van der Waals surface area contributed by atoms with E-state index < -0.39 is 5.97 Å². The Morgan fingerprint density at radius 3 is 2.67 bits per heavy atom. The summed E-state index contributed by atoms with van der Waals surface area (Å²) in [5, 5.41) is 16.0. The van der Waals surface area contributed by atoms with Crippen LogP contribution in [0.3, 0.4) is 0 Å². The zero-order chi connectivity index (χ0) is 17.4. The molecule has 0 saturated carbocycles. The standard InChI is InChI=1S/C20H31NO3/c1-2-3-4-5-6-8-11-15-16(19-14-18(15)24-19)12-9-7-10-13-17(21)20(22)23/h7,9,16,19,21H,2-6,8,10-14H2,1H3,(H,22,23)/t16-,19?/m1/s1. The number of hydrogen-bond donors (Lipinski definition) is 2. The van der Waals surface area contributed by atoms with Gasteiger partial charge >= 0.3 is 5.97 Å². The largest absolute Gasteiger partial charge is 0.494 e. The van der Waals surface area contributed by atoms with Crippen LogP contribution in [0.2, 0.25) is 0 Å². The minimum atomic E-state index is -1.11. The van der Waals surface area contributed by atoms with Gasteiger partial charge in [-0.15, -0.1) is 0 Å². The fourth-order valence-corrected chi connectivity index (χ4v) is 3.63. The minimum Gasteiger partial charge on any atom is -0.494 e. The molecule has 1 fully saturated rings. The zero-order valence-electron chi connectivity index (χ0n) is 14.9. The van der Waals surface area contributed by atoms with Crippen molar-refractivity contribution in [1.82, 2.24) is 0 Å². The van der Waals surface area contributed by atoms with E-state index in [2.05, 4.69) is 13.0 Å². The summed E-state index contributed by atoms with van der Waals surface area (Å²) in [6.45, 7) is 2.25. The van der Waals surface area contributed by atoms with Crippen LogP contribution in [0.15, 0.2) is 23.5 Å². The molecule has 134 valence electrons. The summed E-state index contributed by atoms with van der Waals surface area (Å²) in [7, 11) is 0. The molecule has 0 radical (unpaired) electrons. The summed E-state index contributed by atoms with van der Waals surface area (Å²) in [5.41, 5.74) is 1.33. The molecular weight excluding hydrogens is 302 g/mol. The first kappa shape index (κ1) is 18.8. The van der Waals surface area contributed by atoms with Gasteiger partial charge < -0.3 is 9.84 Å². The average molecular weight is 333 g/mol. The SMILES string of the molecule is CCCCCCCCC1=C2CC(O2)[C@@H]1CC=CCCC(=N)C(=O)O. The first-order valence-corrected chi connectivity index (χ1v) is 9.47. The van der Waals surface area contributed by atoms with E-state index in [1.54, 1.807) is 5.57 Å². The normalized spacial score (nSPS) is 21.9. The van der Waals surface area contributed by atoms with Crippen LogP contribution in [-0.4, -0.2) is 22.9 Å². The minimum absolute atomic E-state index is 0.211. The van der Waals surface area contributed by atoms with Gasteiger partial charge in [-0.2, -0.15) is 0 Å². The maximum atomic E-state index is 10.6. The third-order valence-corrected chi connectivity index (χ3v) is 5.11. The number of aliphatic carboxylic acids is 1. The number of carboxylic acids is 1. The number of allylic oxidation sites excluding steroid dienone is 2. The van der Waals surface area contributed by atoms with Gasteiger partial charge in [0.15, 0.2) is 0 Å². The van der Waals surface area contributed by atoms with Crippen LogP contribution in [-0.2, 0) is 9.53 Å². The molecule has 24 heavy (non-hydrogen) atoms. The Labute approximate surface area is 145 Å². The fraction of sp³-hybridized carbons (Fsp3) is 0.700. The van der Waals surface area contributed by atoms with Crippen LogP contribution < -0.4 is 0 Å². The highest BCUT2D eigenvalue weighted by Crippen LogP contribution is 2.49. The number of ether oxygens (including phenoxy) is 1. The van der Waals surface area contributed by atoms with Crippen molar-refractivity contribution in [3.05, 3.63) is 23.5 Å². The fourth-order valence-electron chi connectivity index (χ4n) is 3.63. The summed E-state index contributed by atoms with van der Waals surface area (Å²) in [5.74, 6) is 0.671. The van der Waals surface area contributed by atoms with Crippen molar-refractivity contribution >= 4 is 11.7 Å². The van der Waals surface area contributed by atoms with Gasteiger partial charge in [0.2, 0.25) is 0 Å². The van der Waals surface area contributed by atoms with E-state index in [-0.39, 0.29) is 5.71 Å². The first-order valence-electron chi connectivity index (χ1n) is 9.47. The molecule has 4 heteroatoms. The number of hydrogen-bond acceptors (Lipinski definition) is 3. The molecule has 3 aliphatic rings. The van der Waals surface area contributed by atoms with Gasteiger partial charge in [0, 0.05) is 12.3 Å². The topological polar surface area (TPSA) is 70.4 Å². The van der Waals surface area contributed by atoms with E-state index in [1.165, 1.54) is 50.7 Å². The molecule has 0 spiro atoms.